The van der Waals surface area contributed by atoms with Crippen molar-refractivity contribution in [3.8, 4) is 12.1 Å². The van der Waals surface area contributed by atoms with Crippen LogP contribution in [0.15, 0.2) is 107 Å². The molecule has 0 saturated carbocycles. The topological polar surface area (TPSA) is 129 Å². The van der Waals surface area contributed by atoms with Gasteiger partial charge in [0.25, 0.3) is 0 Å². The van der Waals surface area contributed by atoms with Gasteiger partial charge in [-0.15, -0.1) is 0 Å². The Hall–Kier alpha value is -6.31. The van der Waals surface area contributed by atoms with Gasteiger partial charge in [-0.25, -0.2) is 4.58 Å². The summed E-state index contributed by atoms with van der Waals surface area (Å²) in [7, 11) is 0. The van der Waals surface area contributed by atoms with Crippen LogP contribution in [-0.2, 0) is 0 Å². The van der Waals surface area contributed by atoms with E-state index in [1.54, 1.807) is 0 Å². The minimum Gasteiger partial charge on any atom is -0.872 e. The van der Waals surface area contributed by atoms with Crippen molar-refractivity contribution in [1.29, 1.82) is 10.5 Å². The molecule has 0 saturated heterocycles. The van der Waals surface area contributed by atoms with Gasteiger partial charge in [-0.2, -0.15) is 10.5 Å². The van der Waals surface area contributed by atoms with Crippen LogP contribution in [0, 0.1) is 22.7 Å². The highest BCUT2D eigenvalue weighted by Crippen LogP contribution is 2.56. The molecule has 0 aromatic heterocycles. The van der Waals surface area contributed by atoms with Gasteiger partial charge in [0, 0.05) is 70.0 Å². The van der Waals surface area contributed by atoms with Gasteiger partial charge < -0.3 is 21.5 Å². The van der Waals surface area contributed by atoms with E-state index in [-0.39, 0.29) is 11.3 Å². The third-order valence-electron chi connectivity index (χ3n) is 11.8. The number of allylic oxidation sites excluding steroid dienone is 3. The molecule has 4 N–H and O–H groups in total. The van der Waals surface area contributed by atoms with E-state index in [2.05, 4.69) is 97.8 Å². The lowest BCUT2D eigenvalue weighted by molar-refractivity contribution is -0.528. The molecule has 5 aromatic carbocycles. The number of unbranched alkanes of at least 4 members (excludes halogenated alkanes) is 4. The number of nitrogens with two attached hydrogens (primary N) is 2. The standard InChI is InChI=1S/C51H54N6O/c1-5-9-27-56(28-10-6-2)49-36-21-15-13-19-34(36)43(35-20-14-16-22-37(35)49)47-42(33(31-52)32-53)48(51(47)58)46-44-38(23-17-25-40(44)54)50(39-24-18-26-41(55)45(39)46)57(29-11-7-3)30-12-8-4/h13-26H,5-12,27-30,54-55H2,1-4H3. The molecule has 0 atom stereocenters. The smallest absolute Gasteiger partial charge is 0.215 e. The third-order valence-corrected chi connectivity index (χ3v) is 11.8. The van der Waals surface area contributed by atoms with Gasteiger partial charge in [0.15, 0.2) is 0 Å². The number of nitriles is 2. The summed E-state index contributed by atoms with van der Waals surface area (Å²) in [5.74, 6) is -0.231. The second-order valence-corrected chi connectivity index (χ2v) is 15.5. The van der Waals surface area contributed by atoms with E-state index in [4.69, 9.17) is 11.5 Å². The summed E-state index contributed by atoms with van der Waals surface area (Å²) in [6, 6.07) is 32.7. The molecular weight excluding hydrogens is 713 g/mol. The van der Waals surface area contributed by atoms with Crippen LogP contribution in [0.3, 0.4) is 0 Å². The number of hydrogen-bond acceptors (Lipinski definition) is 6. The van der Waals surface area contributed by atoms with E-state index in [1.165, 1.54) is 0 Å². The third kappa shape index (κ3) is 6.79. The minimum atomic E-state index is -0.231. The summed E-state index contributed by atoms with van der Waals surface area (Å²) in [5.41, 5.74) is 23.3. The number of rotatable bonds is 14. The monoisotopic (exact) mass is 766 g/mol. The van der Waals surface area contributed by atoms with Crippen LogP contribution in [0.25, 0.3) is 32.7 Å². The number of benzene rings is 5. The molecule has 0 amide bonds. The minimum absolute atomic E-state index is 0.115. The van der Waals surface area contributed by atoms with Crippen molar-refractivity contribution >= 4 is 55.5 Å². The van der Waals surface area contributed by atoms with Crippen molar-refractivity contribution in [3.63, 3.8) is 0 Å². The summed E-state index contributed by atoms with van der Waals surface area (Å²) < 4.78 is 2.51. The van der Waals surface area contributed by atoms with Crippen LogP contribution in [0.2, 0.25) is 0 Å². The van der Waals surface area contributed by atoms with Crippen LogP contribution >= 0.6 is 0 Å². The average Bonchev–Trinajstić information content (AvgIpc) is 3.24. The fraction of sp³-hybridized carbons (Fsp3) is 0.314. The normalized spacial score (nSPS) is 13.3. The molecule has 294 valence electrons. The van der Waals surface area contributed by atoms with Crippen LogP contribution < -0.4 is 21.5 Å². The fourth-order valence-electron chi connectivity index (χ4n) is 9.01. The predicted octanol–water partition coefficient (Wildman–Crippen LogP) is 10.3. The first-order chi connectivity index (χ1) is 28.4. The molecular formula is C51H54N6O. The van der Waals surface area contributed by atoms with Crippen LogP contribution in [0.4, 0.5) is 17.1 Å². The zero-order valence-corrected chi connectivity index (χ0v) is 34.4. The van der Waals surface area contributed by atoms with E-state index in [1.807, 2.05) is 36.4 Å². The van der Waals surface area contributed by atoms with Crippen LogP contribution in [0.1, 0.15) is 107 Å². The number of fused-ring (bicyclic) bond motifs is 4. The fourth-order valence-corrected chi connectivity index (χ4v) is 9.01. The largest absolute Gasteiger partial charge is 0.872 e. The maximum Gasteiger partial charge on any atom is 0.215 e. The van der Waals surface area contributed by atoms with Crippen molar-refractivity contribution in [2.24, 2.45) is 0 Å². The lowest BCUT2D eigenvalue weighted by atomic mass is 9.68. The van der Waals surface area contributed by atoms with Gasteiger partial charge in [0.2, 0.25) is 5.71 Å². The van der Waals surface area contributed by atoms with Gasteiger partial charge >= 0.3 is 0 Å². The van der Waals surface area contributed by atoms with Gasteiger partial charge in [-0.3, -0.25) is 0 Å². The lowest BCUT2D eigenvalue weighted by Gasteiger charge is -2.40. The number of nitrogens with zero attached hydrogens (tertiary/aromatic N) is 4. The molecule has 7 heteroatoms. The molecule has 0 aliphatic heterocycles. The first kappa shape index (κ1) is 39.9. The molecule has 0 spiro atoms. The Morgan fingerprint density at radius 3 is 1.52 bits per heavy atom. The quantitative estimate of drug-likeness (QED) is 0.0491. The number of nitrogen functional groups attached to an aromatic ring is 2. The maximum absolute atomic E-state index is 15.5. The summed E-state index contributed by atoms with van der Waals surface area (Å²) in [6.07, 6.45) is 8.41. The maximum atomic E-state index is 15.5. The first-order valence-electron chi connectivity index (χ1n) is 21.2. The van der Waals surface area contributed by atoms with E-state index < -0.39 is 0 Å². The second-order valence-electron chi connectivity index (χ2n) is 15.5. The molecule has 2 aliphatic carbocycles. The van der Waals surface area contributed by atoms with E-state index in [0.29, 0.717) is 44.4 Å². The van der Waals surface area contributed by atoms with Crippen molar-refractivity contribution in [2.45, 2.75) is 79.1 Å². The highest BCUT2D eigenvalue weighted by atomic mass is 16.3. The van der Waals surface area contributed by atoms with E-state index >= 15 is 5.11 Å². The van der Waals surface area contributed by atoms with E-state index in [9.17, 15) is 10.5 Å². The highest BCUT2D eigenvalue weighted by molar-refractivity contribution is 6.28. The molecule has 7 nitrogen and oxygen atoms in total. The molecule has 0 unspecified atom stereocenters. The second kappa shape index (κ2) is 17.5. The van der Waals surface area contributed by atoms with Crippen LogP contribution in [-0.4, -0.2) is 36.5 Å². The highest BCUT2D eigenvalue weighted by Gasteiger charge is 2.39. The Balaban J connectivity index is 1.62. The molecule has 0 bridgehead atoms. The van der Waals surface area contributed by atoms with E-state index in [0.717, 1.165) is 128 Å². The molecule has 0 fully saturated rings. The average molecular weight is 767 g/mol. The van der Waals surface area contributed by atoms with Crippen molar-refractivity contribution < 1.29 is 9.68 Å². The zero-order chi connectivity index (χ0) is 40.9. The summed E-state index contributed by atoms with van der Waals surface area (Å²) in [5, 5.41) is 40.1. The predicted molar refractivity (Wildman–Crippen MR) is 239 cm³/mol. The van der Waals surface area contributed by atoms with Gasteiger partial charge in [0.05, 0.1) is 16.8 Å². The lowest BCUT2D eigenvalue weighted by Crippen LogP contribution is -2.31. The molecule has 7 rings (SSSR count). The van der Waals surface area contributed by atoms with Gasteiger partial charge in [-0.1, -0.05) is 120 Å². The molecule has 2 aliphatic rings. The summed E-state index contributed by atoms with van der Waals surface area (Å²) in [6.45, 7) is 12.4. The Bertz CT molecular complexity index is 2480. The number of hydrogen-bond donors (Lipinski definition) is 2. The van der Waals surface area contributed by atoms with Gasteiger partial charge in [-0.05, 0) is 65.0 Å². The van der Waals surface area contributed by atoms with Crippen molar-refractivity contribution in [2.75, 3.05) is 42.5 Å². The summed E-state index contributed by atoms with van der Waals surface area (Å²) in [4.78, 5) is 2.45. The number of anilines is 3. The molecule has 58 heavy (non-hydrogen) atoms. The Labute approximate surface area is 343 Å². The van der Waals surface area contributed by atoms with Crippen LogP contribution in [0.5, 0.6) is 0 Å². The Morgan fingerprint density at radius 1 is 0.603 bits per heavy atom. The Morgan fingerprint density at radius 2 is 1.07 bits per heavy atom. The molecule has 0 radical (unpaired) electrons. The van der Waals surface area contributed by atoms with Crippen molar-refractivity contribution in [1.82, 2.24) is 0 Å². The molecule has 5 aromatic rings. The zero-order valence-electron chi connectivity index (χ0n) is 34.4. The van der Waals surface area contributed by atoms with Gasteiger partial charge in [0.1, 0.15) is 30.8 Å². The first-order valence-corrected chi connectivity index (χ1v) is 21.2. The van der Waals surface area contributed by atoms with Crippen molar-refractivity contribution in [3.05, 3.63) is 135 Å². The Kier molecular flexibility index (Phi) is 12.0. The summed E-state index contributed by atoms with van der Waals surface area (Å²) >= 11 is 0. The molecule has 0 heterocycles. The SMILES string of the molecule is CCCCN(CCCC)c1c2cccc(N)c2c(C2=C([O-])C(=C3c4ccccc4C(=[N+](CCCC)CCCC)c4ccccc43)C2=C(C#N)C#N)c2c(N)cccc12.